The normalized spacial score (nSPS) is 19.9. The molecule has 3 N–H and O–H groups in total. The number of nitro benzene ring substituents is 1. The van der Waals surface area contributed by atoms with Crippen LogP contribution in [0.2, 0.25) is 0 Å². The molecule has 0 aliphatic carbocycles. The maximum Gasteiger partial charge on any atom is 0.293 e. The van der Waals surface area contributed by atoms with E-state index in [-0.39, 0.29) is 16.6 Å². The summed E-state index contributed by atoms with van der Waals surface area (Å²) in [6.45, 7) is 3.95. The Balaban J connectivity index is 2.45. The number of nitro groups is 1. The van der Waals surface area contributed by atoms with Crippen molar-refractivity contribution in [3.63, 3.8) is 0 Å². The van der Waals surface area contributed by atoms with Gasteiger partial charge in [-0.05, 0) is 19.1 Å². The van der Waals surface area contributed by atoms with Gasteiger partial charge in [0.2, 0.25) is 10.0 Å². The quantitative estimate of drug-likeness (QED) is 0.601. The molecule has 0 radical (unpaired) electrons. The molecular formula is C11H16N4O4S. The SMILES string of the molecule is C[C@H]1CN(c2ccc(S(N)(=O)=O)cc2[N+](=O)[O-])CCN1. The summed E-state index contributed by atoms with van der Waals surface area (Å²) in [6.07, 6.45) is 0. The van der Waals surface area contributed by atoms with E-state index in [2.05, 4.69) is 5.32 Å². The van der Waals surface area contributed by atoms with E-state index in [4.69, 9.17) is 5.14 Å². The van der Waals surface area contributed by atoms with Gasteiger partial charge in [-0.2, -0.15) is 0 Å². The summed E-state index contributed by atoms with van der Waals surface area (Å²) in [5.74, 6) is 0. The molecule has 0 aromatic heterocycles. The second-order valence-corrected chi connectivity index (χ2v) is 6.32. The third-order valence-electron chi connectivity index (χ3n) is 3.18. The van der Waals surface area contributed by atoms with E-state index in [0.29, 0.717) is 18.8 Å². The van der Waals surface area contributed by atoms with Crippen LogP contribution in [-0.4, -0.2) is 39.0 Å². The monoisotopic (exact) mass is 300 g/mol. The van der Waals surface area contributed by atoms with Crippen LogP contribution in [-0.2, 0) is 10.0 Å². The van der Waals surface area contributed by atoms with Gasteiger partial charge in [-0.25, -0.2) is 13.6 Å². The number of nitrogens with two attached hydrogens (primary N) is 1. The zero-order valence-electron chi connectivity index (χ0n) is 10.9. The summed E-state index contributed by atoms with van der Waals surface area (Å²) in [5.41, 5.74) is 0.168. The summed E-state index contributed by atoms with van der Waals surface area (Å²) >= 11 is 0. The van der Waals surface area contributed by atoms with Crippen LogP contribution in [0.5, 0.6) is 0 Å². The molecule has 1 aromatic rings. The third-order valence-corrected chi connectivity index (χ3v) is 4.09. The topological polar surface area (TPSA) is 119 Å². The largest absolute Gasteiger partial charge is 0.363 e. The number of nitrogens with one attached hydrogen (secondary N) is 1. The number of nitrogens with zero attached hydrogens (tertiary/aromatic N) is 2. The number of sulfonamides is 1. The van der Waals surface area contributed by atoms with Gasteiger partial charge in [0.05, 0.1) is 9.82 Å². The highest BCUT2D eigenvalue weighted by Gasteiger charge is 2.25. The van der Waals surface area contributed by atoms with Gasteiger partial charge in [-0.15, -0.1) is 0 Å². The summed E-state index contributed by atoms with van der Waals surface area (Å²) in [4.78, 5) is 12.2. The molecule has 9 heteroatoms. The predicted molar refractivity (Wildman–Crippen MR) is 74.1 cm³/mol. The Morgan fingerprint density at radius 2 is 2.20 bits per heavy atom. The molecule has 1 atom stereocenters. The van der Waals surface area contributed by atoms with Gasteiger partial charge in [0.15, 0.2) is 0 Å². The minimum absolute atomic E-state index is 0.210. The molecule has 0 bridgehead atoms. The summed E-state index contributed by atoms with van der Waals surface area (Å²) in [5, 5.41) is 19.4. The molecular weight excluding hydrogens is 284 g/mol. The average molecular weight is 300 g/mol. The number of hydrogen-bond acceptors (Lipinski definition) is 6. The number of hydrogen-bond donors (Lipinski definition) is 2. The van der Waals surface area contributed by atoms with Crippen LogP contribution in [0.25, 0.3) is 0 Å². The van der Waals surface area contributed by atoms with Crippen LogP contribution >= 0.6 is 0 Å². The van der Waals surface area contributed by atoms with Crippen LogP contribution in [0.4, 0.5) is 11.4 Å². The first-order valence-electron chi connectivity index (χ1n) is 6.08. The van der Waals surface area contributed by atoms with E-state index >= 15 is 0 Å². The Labute approximate surface area is 116 Å². The second kappa shape index (κ2) is 5.35. The highest BCUT2D eigenvalue weighted by atomic mass is 32.2. The van der Waals surface area contributed by atoms with Crippen LogP contribution in [0.3, 0.4) is 0 Å². The van der Waals surface area contributed by atoms with Gasteiger partial charge in [-0.1, -0.05) is 0 Å². The van der Waals surface area contributed by atoms with E-state index in [0.717, 1.165) is 12.6 Å². The van der Waals surface area contributed by atoms with Crippen molar-refractivity contribution >= 4 is 21.4 Å². The van der Waals surface area contributed by atoms with Gasteiger partial charge in [0.25, 0.3) is 5.69 Å². The number of piperazine rings is 1. The summed E-state index contributed by atoms with van der Waals surface area (Å²) < 4.78 is 22.6. The maximum atomic E-state index is 11.3. The van der Waals surface area contributed by atoms with E-state index in [9.17, 15) is 18.5 Å². The minimum atomic E-state index is -3.95. The number of rotatable bonds is 3. The van der Waals surface area contributed by atoms with Gasteiger partial charge < -0.3 is 10.2 Å². The van der Waals surface area contributed by atoms with E-state index < -0.39 is 14.9 Å². The van der Waals surface area contributed by atoms with Gasteiger partial charge in [0.1, 0.15) is 5.69 Å². The third kappa shape index (κ3) is 3.06. The molecule has 1 aromatic carbocycles. The molecule has 1 fully saturated rings. The van der Waals surface area contributed by atoms with Gasteiger partial charge >= 0.3 is 0 Å². The Morgan fingerprint density at radius 3 is 2.75 bits per heavy atom. The van der Waals surface area contributed by atoms with Crippen molar-refractivity contribution in [1.29, 1.82) is 0 Å². The highest BCUT2D eigenvalue weighted by molar-refractivity contribution is 7.89. The van der Waals surface area contributed by atoms with Crippen LogP contribution in [0.1, 0.15) is 6.92 Å². The molecule has 110 valence electrons. The molecule has 8 nitrogen and oxygen atoms in total. The Morgan fingerprint density at radius 1 is 1.50 bits per heavy atom. The van der Waals surface area contributed by atoms with Crippen molar-refractivity contribution in [2.24, 2.45) is 5.14 Å². The average Bonchev–Trinajstić information content (AvgIpc) is 2.37. The Bertz CT molecular complexity index is 631. The van der Waals surface area contributed by atoms with Gasteiger partial charge in [-0.3, -0.25) is 10.1 Å². The van der Waals surface area contributed by atoms with Crippen molar-refractivity contribution in [2.45, 2.75) is 17.9 Å². The molecule has 1 heterocycles. The number of primary sulfonamides is 1. The van der Waals surface area contributed by atoms with Crippen LogP contribution in [0, 0.1) is 10.1 Å². The smallest absolute Gasteiger partial charge is 0.293 e. The fraction of sp³-hybridized carbons (Fsp3) is 0.455. The number of benzene rings is 1. The standard InChI is InChI=1S/C11H16N4O4S/c1-8-7-14(5-4-13-8)10-3-2-9(20(12,18)19)6-11(10)15(16)17/h2-3,6,8,13H,4-5,7H2,1H3,(H2,12,18,19)/t8-/m0/s1. The molecule has 2 rings (SSSR count). The zero-order valence-corrected chi connectivity index (χ0v) is 11.8. The fourth-order valence-corrected chi connectivity index (χ4v) is 2.78. The van der Waals surface area contributed by atoms with Crippen LogP contribution < -0.4 is 15.4 Å². The molecule has 20 heavy (non-hydrogen) atoms. The van der Waals surface area contributed by atoms with Crippen molar-refractivity contribution in [3.8, 4) is 0 Å². The number of anilines is 1. The Kier molecular flexibility index (Phi) is 3.93. The first-order valence-corrected chi connectivity index (χ1v) is 7.63. The van der Waals surface area contributed by atoms with Crippen molar-refractivity contribution in [3.05, 3.63) is 28.3 Å². The molecule has 0 amide bonds. The lowest BCUT2D eigenvalue weighted by Gasteiger charge is -2.33. The molecule has 0 unspecified atom stereocenters. The molecule has 0 saturated carbocycles. The van der Waals surface area contributed by atoms with E-state index in [1.807, 2.05) is 11.8 Å². The fourth-order valence-electron chi connectivity index (χ4n) is 2.24. The Hall–Kier alpha value is -1.71. The van der Waals surface area contributed by atoms with Crippen molar-refractivity contribution < 1.29 is 13.3 Å². The minimum Gasteiger partial charge on any atom is -0.363 e. The van der Waals surface area contributed by atoms with E-state index in [1.165, 1.54) is 12.1 Å². The molecule has 1 aliphatic rings. The predicted octanol–water partition coefficient (Wildman–Crippen LogP) is 0.0403. The lowest BCUT2D eigenvalue weighted by molar-refractivity contribution is -0.384. The zero-order chi connectivity index (χ0) is 14.9. The van der Waals surface area contributed by atoms with Crippen molar-refractivity contribution in [1.82, 2.24) is 5.32 Å². The molecule has 0 spiro atoms. The first kappa shape index (κ1) is 14.7. The summed E-state index contributed by atoms with van der Waals surface area (Å²) in [7, 11) is -3.95. The second-order valence-electron chi connectivity index (χ2n) is 4.75. The lowest BCUT2D eigenvalue weighted by Crippen LogP contribution is -2.49. The summed E-state index contributed by atoms with van der Waals surface area (Å²) in [6, 6.07) is 3.96. The molecule has 1 saturated heterocycles. The van der Waals surface area contributed by atoms with Crippen LogP contribution in [0.15, 0.2) is 23.1 Å². The maximum absolute atomic E-state index is 11.3. The lowest BCUT2D eigenvalue weighted by atomic mass is 10.2. The van der Waals surface area contributed by atoms with E-state index in [1.54, 1.807) is 0 Å². The van der Waals surface area contributed by atoms with Gasteiger partial charge in [0, 0.05) is 31.7 Å². The molecule has 1 aliphatic heterocycles. The first-order chi connectivity index (χ1) is 9.29. The highest BCUT2D eigenvalue weighted by Crippen LogP contribution is 2.31. The van der Waals surface area contributed by atoms with Crippen molar-refractivity contribution in [2.75, 3.05) is 24.5 Å².